The molecule has 114 valence electrons. The van der Waals surface area contributed by atoms with E-state index in [9.17, 15) is 10.1 Å². The number of nitrogens with zero attached hydrogens (tertiary/aromatic N) is 2. The van der Waals surface area contributed by atoms with E-state index in [1.807, 2.05) is 29.3 Å². The van der Waals surface area contributed by atoms with E-state index < -0.39 is 0 Å². The Balaban J connectivity index is 2.24. The lowest BCUT2D eigenvalue weighted by Gasteiger charge is -2.08. The minimum atomic E-state index is 0.386. The fourth-order valence-corrected chi connectivity index (χ4v) is 4.70. The molecule has 0 aliphatic heterocycles. The minimum absolute atomic E-state index is 0.386. The Morgan fingerprint density at radius 2 is 2.36 bits per heavy atom. The van der Waals surface area contributed by atoms with E-state index in [1.165, 1.54) is 24.6 Å². The maximum Gasteiger partial charge on any atom is 0.151 e. The third kappa shape index (κ3) is 4.35. The number of rotatable bonds is 8. The SMILES string of the molecule is CCCCSCSc1nc(-c2cccs2)cc(C=O)c1C#N. The molecule has 2 heterocycles. The number of hydrogen-bond donors (Lipinski definition) is 0. The molecule has 0 spiro atoms. The van der Waals surface area contributed by atoms with Gasteiger partial charge in [0.05, 0.1) is 16.1 Å². The second-order valence-corrected chi connectivity index (χ2v) is 7.89. The van der Waals surface area contributed by atoms with Gasteiger partial charge in [-0.3, -0.25) is 4.79 Å². The number of nitriles is 1. The summed E-state index contributed by atoms with van der Waals surface area (Å²) in [6.07, 6.45) is 3.12. The van der Waals surface area contributed by atoms with Crippen LogP contribution in [-0.2, 0) is 0 Å². The van der Waals surface area contributed by atoms with Gasteiger partial charge in [-0.15, -0.1) is 11.3 Å². The second kappa shape index (κ2) is 8.99. The lowest BCUT2D eigenvalue weighted by atomic mass is 10.1. The summed E-state index contributed by atoms with van der Waals surface area (Å²) in [5.74, 6) is 1.11. The van der Waals surface area contributed by atoms with E-state index in [0.29, 0.717) is 16.2 Å². The maximum absolute atomic E-state index is 11.3. The molecule has 0 saturated carbocycles. The zero-order valence-electron chi connectivity index (χ0n) is 12.2. The number of thiophene rings is 1. The quantitative estimate of drug-likeness (QED) is 0.288. The van der Waals surface area contributed by atoms with Gasteiger partial charge in [-0.05, 0) is 29.7 Å². The van der Waals surface area contributed by atoms with Gasteiger partial charge in [0, 0.05) is 10.6 Å². The molecule has 2 rings (SSSR count). The van der Waals surface area contributed by atoms with Gasteiger partial charge in [-0.2, -0.15) is 17.0 Å². The zero-order chi connectivity index (χ0) is 15.8. The van der Waals surface area contributed by atoms with Crippen LogP contribution in [-0.4, -0.2) is 22.1 Å². The number of carbonyl (C=O) groups excluding carboxylic acids is 1. The van der Waals surface area contributed by atoms with E-state index in [1.54, 1.807) is 17.4 Å². The van der Waals surface area contributed by atoms with Crippen LogP contribution in [0.1, 0.15) is 35.7 Å². The van der Waals surface area contributed by atoms with Crippen molar-refractivity contribution in [1.82, 2.24) is 4.98 Å². The van der Waals surface area contributed by atoms with Crippen LogP contribution < -0.4 is 0 Å². The lowest BCUT2D eigenvalue weighted by molar-refractivity contribution is 0.112. The molecule has 0 fully saturated rings. The molecule has 3 nitrogen and oxygen atoms in total. The highest BCUT2D eigenvalue weighted by atomic mass is 32.2. The number of carbonyl (C=O) groups is 1. The minimum Gasteiger partial charge on any atom is -0.298 e. The molecule has 0 atom stereocenters. The molecule has 0 N–H and O–H groups in total. The number of aromatic nitrogens is 1. The first-order valence-corrected chi connectivity index (χ1v) is 9.96. The van der Waals surface area contributed by atoms with Crippen LogP contribution in [0.5, 0.6) is 0 Å². The Bertz CT molecular complexity index is 663. The van der Waals surface area contributed by atoms with Crippen molar-refractivity contribution in [3.05, 3.63) is 34.7 Å². The third-order valence-electron chi connectivity index (χ3n) is 2.95. The molecule has 0 bridgehead atoms. The third-order valence-corrected chi connectivity index (χ3v) is 6.13. The molecule has 0 aliphatic carbocycles. The number of pyridine rings is 1. The van der Waals surface area contributed by atoms with Crippen LogP contribution in [0.4, 0.5) is 0 Å². The van der Waals surface area contributed by atoms with Crippen molar-refractivity contribution >= 4 is 41.1 Å². The summed E-state index contributed by atoms with van der Waals surface area (Å²) in [6, 6.07) is 7.74. The van der Waals surface area contributed by atoms with E-state index in [2.05, 4.69) is 18.0 Å². The molecule has 0 radical (unpaired) electrons. The van der Waals surface area contributed by atoms with Crippen molar-refractivity contribution in [2.45, 2.75) is 24.8 Å². The molecule has 0 unspecified atom stereocenters. The lowest BCUT2D eigenvalue weighted by Crippen LogP contribution is -1.97. The number of thioether (sulfide) groups is 2. The fraction of sp³-hybridized carbons (Fsp3) is 0.312. The van der Waals surface area contributed by atoms with E-state index in [-0.39, 0.29) is 0 Å². The van der Waals surface area contributed by atoms with Gasteiger partial charge in [0.25, 0.3) is 0 Å². The first-order chi connectivity index (χ1) is 10.8. The Morgan fingerprint density at radius 3 is 3.00 bits per heavy atom. The molecule has 0 saturated heterocycles. The molecule has 0 amide bonds. The normalized spacial score (nSPS) is 10.4. The van der Waals surface area contributed by atoms with Crippen LogP contribution in [0.3, 0.4) is 0 Å². The summed E-state index contributed by atoms with van der Waals surface area (Å²) >= 11 is 4.95. The van der Waals surface area contributed by atoms with Crippen molar-refractivity contribution < 1.29 is 4.79 Å². The van der Waals surface area contributed by atoms with Crippen LogP contribution in [0.25, 0.3) is 10.6 Å². The predicted molar refractivity (Wildman–Crippen MR) is 95.7 cm³/mol. The monoisotopic (exact) mass is 348 g/mol. The van der Waals surface area contributed by atoms with Crippen molar-refractivity contribution in [3.63, 3.8) is 0 Å². The van der Waals surface area contributed by atoms with E-state index in [0.717, 1.165) is 27.7 Å². The van der Waals surface area contributed by atoms with Gasteiger partial charge in [0.15, 0.2) is 6.29 Å². The van der Waals surface area contributed by atoms with Crippen LogP contribution in [0.15, 0.2) is 28.6 Å². The number of hydrogen-bond acceptors (Lipinski definition) is 6. The first-order valence-electron chi connectivity index (χ1n) is 6.94. The second-order valence-electron chi connectivity index (χ2n) is 4.51. The molecule has 0 aromatic carbocycles. The summed E-state index contributed by atoms with van der Waals surface area (Å²) in [6.45, 7) is 2.17. The highest BCUT2D eigenvalue weighted by Gasteiger charge is 2.14. The molecule has 2 aromatic rings. The summed E-state index contributed by atoms with van der Waals surface area (Å²) in [4.78, 5) is 16.9. The molecule has 6 heteroatoms. The van der Waals surface area contributed by atoms with Crippen LogP contribution >= 0.6 is 34.9 Å². The standard InChI is InChI=1S/C16H16N2OS3/c1-2-3-6-20-11-22-16-13(9-17)12(10-19)8-14(18-16)15-5-4-7-21-15/h4-5,7-8,10H,2-3,6,11H2,1H3. The fourth-order valence-electron chi connectivity index (χ4n) is 1.80. The zero-order valence-corrected chi connectivity index (χ0v) is 14.7. The smallest absolute Gasteiger partial charge is 0.151 e. The van der Waals surface area contributed by atoms with Gasteiger partial charge < -0.3 is 0 Å². The predicted octanol–water partition coefficient (Wildman–Crippen LogP) is 5.08. The van der Waals surface area contributed by atoms with Crippen molar-refractivity contribution in [3.8, 4) is 16.6 Å². The number of aldehydes is 1. The Morgan fingerprint density at radius 1 is 1.50 bits per heavy atom. The van der Waals surface area contributed by atoms with Gasteiger partial charge in [-0.1, -0.05) is 31.2 Å². The largest absolute Gasteiger partial charge is 0.298 e. The topological polar surface area (TPSA) is 53.8 Å². The van der Waals surface area contributed by atoms with E-state index >= 15 is 0 Å². The molecular formula is C16H16N2OS3. The average molecular weight is 349 g/mol. The Labute approximate surface area is 143 Å². The summed E-state index contributed by atoms with van der Waals surface area (Å²) in [7, 11) is 0. The summed E-state index contributed by atoms with van der Waals surface area (Å²) in [5.41, 5.74) is 1.57. The van der Waals surface area contributed by atoms with Crippen molar-refractivity contribution in [2.75, 3.05) is 10.8 Å². The molecule has 2 aromatic heterocycles. The maximum atomic E-state index is 11.3. The first kappa shape index (κ1) is 17.1. The van der Waals surface area contributed by atoms with Gasteiger partial charge in [0.1, 0.15) is 11.1 Å². The van der Waals surface area contributed by atoms with Crippen LogP contribution in [0, 0.1) is 11.3 Å². The highest BCUT2D eigenvalue weighted by molar-refractivity contribution is 8.15. The van der Waals surface area contributed by atoms with Gasteiger partial charge in [-0.25, -0.2) is 4.98 Å². The number of unbranched alkanes of at least 4 members (excludes halogenated alkanes) is 1. The average Bonchev–Trinajstić information content (AvgIpc) is 3.08. The molecule has 0 aliphatic rings. The summed E-state index contributed by atoms with van der Waals surface area (Å²) in [5, 5.41) is 12.8. The van der Waals surface area contributed by atoms with Gasteiger partial charge in [0.2, 0.25) is 0 Å². The van der Waals surface area contributed by atoms with E-state index in [4.69, 9.17) is 0 Å². The Hall–Kier alpha value is -1.29. The molecular weight excluding hydrogens is 332 g/mol. The summed E-state index contributed by atoms with van der Waals surface area (Å²) < 4.78 is 0. The van der Waals surface area contributed by atoms with Crippen LogP contribution in [0.2, 0.25) is 0 Å². The van der Waals surface area contributed by atoms with Crippen molar-refractivity contribution in [2.24, 2.45) is 0 Å². The van der Waals surface area contributed by atoms with Gasteiger partial charge >= 0.3 is 0 Å². The molecule has 22 heavy (non-hydrogen) atoms. The Kier molecular flexibility index (Phi) is 6.97. The highest BCUT2D eigenvalue weighted by Crippen LogP contribution is 2.31. The van der Waals surface area contributed by atoms with Crippen molar-refractivity contribution in [1.29, 1.82) is 5.26 Å².